The Morgan fingerprint density at radius 2 is 2.07 bits per heavy atom. The molecule has 2 N–H and O–H groups in total. The Morgan fingerprint density at radius 1 is 1.29 bits per heavy atom. The van der Waals surface area contributed by atoms with Crippen LogP contribution in [-0.4, -0.2) is 6.61 Å². The van der Waals surface area contributed by atoms with Crippen LogP contribution in [0.1, 0.15) is 32.3 Å². The number of anilines is 1. The lowest BCUT2D eigenvalue weighted by Crippen LogP contribution is -2.00. The zero-order valence-corrected chi connectivity index (χ0v) is 9.05. The molecule has 0 amide bonds. The van der Waals surface area contributed by atoms with Crippen molar-refractivity contribution in [3.63, 3.8) is 0 Å². The zero-order chi connectivity index (χ0) is 10.4. The lowest BCUT2D eigenvalue weighted by Gasteiger charge is -2.09. The zero-order valence-electron chi connectivity index (χ0n) is 9.05. The van der Waals surface area contributed by atoms with Gasteiger partial charge in [-0.15, -0.1) is 0 Å². The van der Waals surface area contributed by atoms with Gasteiger partial charge in [-0.1, -0.05) is 26.3 Å². The van der Waals surface area contributed by atoms with Crippen molar-refractivity contribution in [2.45, 2.75) is 33.1 Å². The molecule has 0 aromatic heterocycles. The molecule has 0 aliphatic heterocycles. The molecule has 0 fully saturated rings. The van der Waals surface area contributed by atoms with Crippen molar-refractivity contribution < 1.29 is 4.74 Å². The van der Waals surface area contributed by atoms with Crippen molar-refractivity contribution in [3.05, 3.63) is 23.8 Å². The molecule has 0 heterocycles. The van der Waals surface area contributed by atoms with E-state index in [1.807, 2.05) is 12.1 Å². The highest BCUT2D eigenvalue weighted by Gasteiger charge is 2.00. The molecule has 14 heavy (non-hydrogen) atoms. The molecule has 0 saturated heterocycles. The largest absolute Gasteiger partial charge is 0.491 e. The van der Waals surface area contributed by atoms with Gasteiger partial charge in [0, 0.05) is 0 Å². The van der Waals surface area contributed by atoms with Crippen LogP contribution >= 0.6 is 0 Å². The van der Waals surface area contributed by atoms with Crippen LogP contribution in [0.15, 0.2) is 18.2 Å². The normalized spacial score (nSPS) is 10.1. The van der Waals surface area contributed by atoms with Gasteiger partial charge in [-0.3, -0.25) is 0 Å². The highest BCUT2D eigenvalue weighted by Crippen LogP contribution is 2.22. The lowest BCUT2D eigenvalue weighted by atomic mass is 10.1. The van der Waals surface area contributed by atoms with Crippen LogP contribution in [0.2, 0.25) is 0 Å². The molecule has 1 aromatic rings. The SMILES string of the molecule is CCCCOc1ccc(CC)cc1N. The van der Waals surface area contributed by atoms with E-state index in [0.29, 0.717) is 0 Å². The maximum Gasteiger partial charge on any atom is 0.142 e. The fourth-order valence-corrected chi connectivity index (χ4v) is 1.28. The maximum atomic E-state index is 5.85. The second kappa shape index (κ2) is 5.53. The second-order valence-electron chi connectivity index (χ2n) is 3.43. The summed E-state index contributed by atoms with van der Waals surface area (Å²) in [6.07, 6.45) is 3.24. The number of unbranched alkanes of at least 4 members (excludes halogenated alkanes) is 1. The van der Waals surface area contributed by atoms with E-state index >= 15 is 0 Å². The molecule has 0 bridgehead atoms. The van der Waals surface area contributed by atoms with Crippen molar-refractivity contribution >= 4 is 5.69 Å². The molecule has 0 radical (unpaired) electrons. The average Bonchev–Trinajstić information content (AvgIpc) is 2.20. The van der Waals surface area contributed by atoms with E-state index < -0.39 is 0 Å². The van der Waals surface area contributed by atoms with Gasteiger partial charge in [0.05, 0.1) is 12.3 Å². The van der Waals surface area contributed by atoms with E-state index in [-0.39, 0.29) is 0 Å². The number of hydrogen-bond donors (Lipinski definition) is 1. The van der Waals surface area contributed by atoms with Crippen LogP contribution in [0.4, 0.5) is 5.69 Å². The topological polar surface area (TPSA) is 35.2 Å². The van der Waals surface area contributed by atoms with Crippen molar-refractivity contribution in [2.75, 3.05) is 12.3 Å². The number of ether oxygens (including phenoxy) is 1. The molecule has 0 aliphatic carbocycles. The lowest BCUT2D eigenvalue weighted by molar-refractivity contribution is 0.311. The van der Waals surface area contributed by atoms with Gasteiger partial charge >= 0.3 is 0 Å². The van der Waals surface area contributed by atoms with Crippen LogP contribution in [0.5, 0.6) is 5.75 Å². The highest BCUT2D eigenvalue weighted by atomic mass is 16.5. The minimum atomic E-state index is 0.750. The summed E-state index contributed by atoms with van der Waals surface area (Å²) in [5, 5.41) is 0. The summed E-state index contributed by atoms with van der Waals surface area (Å²) in [5.41, 5.74) is 7.86. The second-order valence-corrected chi connectivity index (χ2v) is 3.43. The van der Waals surface area contributed by atoms with E-state index in [1.165, 1.54) is 5.56 Å². The van der Waals surface area contributed by atoms with Crippen molar-refractivity contribution in [2.24, 2.45) is 0 Å². The van der Waals surface area contributed by atoms with Crippen LogP contribution in [-0.2, 0) is 6.42 Å². The standard InChI is InChI=1S/C12H19NO/c1-3-5-8-14-12-7-6-10(4-2)9-11(12)13/h6-7,9H,3-5,8,13H2,1-2H3. The summed E-state index contributed by atoms with van der Waals surface area (Å²) in [4.78, 5) is 0. The van der Waals surface area contributed by atoms with Crippen LogP contribution in [0, 0.1) is 0 Å². The summed E-state index contributed by atoms with van der Waals surface area (Å²) in [7, 11) is 0. The minimum absolute atomic E-state index is 0.750. The molecule has 0 atom stereocenters. The van der Waals surface area contributed by atoms with Gasteiger partial charge in [-0.2, -0.15) is 0 Å². The first-order valence-corrected chi connectivity index (χ1v) is 5.29. The average molecular weight is 193 g/mol. The highest BCUT2D eigenvalue weighted by molar-refractivity contribution is 5.54. The fourth-order valence-electron chi connectivity index (χ4n) is 1.28. The van der Waals surface area contributed by atoms with Gasteiger partial charge in [-0.05, 0) is 30.5 Å². The molecule has 2 nitrogen and oxygen atoms in total. The number of benzene rings is 1. The number of rotatable bonds is 5. The predicted molar refractivity (Wildman–Crippen MR) is 60.6 cm³/mol. The third-order valence-electron chi connectivity index (χ3n) is 2.24. The monoisotopic (exact) mass is 193 g/mol. The molecule has 0 unspecified atom stereocenters. The third kappa shape index (κ3) is 2.95. The minimum Gasteiger partial charge on any atom is -0.491 e. The Labute approximate surface area is 86.1 Å². The summed E-state index contributed by atoms with van der Waals surface area (Å²) in [5.74, 6) is 0.815. The summed E-state index contributed by atoms with van der Waals surface area (Å²) in [6.45, 7) is 5.02. The molecular weight excluding hydrogens is 174 g/mol. The van der Waals surface area contributed by atoms with Crippen molar-refractivity contribution in [1.82, 2.24) is 0 Å². The number of nitrogens with two attached hydrogens (primary N) is 1. The smallest absolute Gasteiger partial charge is 0.142 e. The molecule has 1 aromatic carbocycles. The van der Waals surface area contributed by atoms with E-state index in [1.54, 1.807) is 0 Å². The first-order chi connectivity index (χ1) is 6.77. The van der Waals surface area contributed by atoms with Gasteiger partial charge in [0.15, 0.2) is 0 Å². The number of aryl methyl sites for hydroxylation is 1. The fraction of sp³-hybridized carbons (Fsp3) is 0.500. The van der Waals surface area contributed by atoms with Crippen LogP contribution in [0.25, 0.3) is 0 Å². The van der Waals surface area contributed by atoms with E-state index in [4.69, 9.17) is 10.5 Å². The molecule has 78 valence electrons. The van der Waals surface area contributed by atoms with Crippen LogP contribution < -0.4 is 10.5 Å². The number of nitrogen functional groups attached to an aromatic ring is 1. The Balaban J connectivity index is 2.59. The third-order valence-corrected chi connectivity index (χ3v) is 2.24. The maximum absolute atomic E-state index is 5.85. The summed E-state index contributed by atoms with van der Waals surface area (Å²) in [6, 6.07) is 6.02. The van der Waals surface area contributed by atoms with Gasteiger partial charge in [0.2, 0.25) is 0 Å². The molecule has 1 rings (SSSR count). The van der Waals surface area contributed by atoms with Crippen molar-refractivity contribution in [1.29, 1.82) is 0 Å². The number of hydrogen-bond acceptors (Lipinski definition) is 2. The Hall–Kier alpha value is -1.18. The Morgan fingerprint density at radius 3 is 2.64 bits per heavy atom. The van der Waals surface area contributed by atoms with Gasteiger partial charge in [0.1, 0.15) is 5.75 Å². The van der Waals surface area contributed by atoms with E-state index in [2.05, 4.69) is 19.9 Å². The summed E-state index contributed by atoms with van der Waals surface area (Å²) < 4.78 is 5.55. The van der Waals surface area contributed by atoms with Gasteiger partial charge in [-0.25, -0.2) is 0 Å². The molecule has 0 spiro atoms. The molecule has 0 aliphatic rings. The molecular formula is C12H19NO. The predicted octanol–water partition coefficient (Wildman–Crippen LogP) is 3.01. The Kier molecular flexibility index (Phi) is 4.30. The summed E-state index contributed by atoms with van der Waals surface area (Å²) >= 11 is 0. The van der Waals surface area contributed by atoms with E-state index in [9.17, 15) is 0 Å². The van der Waals surface area contributed by atoms with Crippen molar-refractivity contribution in [3.8, 4) is 5.75 Å². The van der Waals surface area contributed by atoms with Crippen LogP contribution in [0.3, 0.4) is 0 Å². The first-order valence-electron chi connectivity index (χ1n) is 5.29. The van der Waals surface area contributed by atoms with Gasteiger partial charge < -0.3 is 10.5 Å². The Bertz CT molecular complexity index is 284. The quantitative estimate of drug-likeness (QED) is 0.576. The van der Waals surface area contributed by atoms with E-state index in [0.717, 1.165) is 37.3 Å². The van der Waals surface area contributed by atoms with Gasteiger partial charge in [0.25, 0.3) is 0 Å². The first kappa shape index (κ1) is 10.9. The molecule has 2 heteroatoms. The molecule has 0 saturated carbocycles.